The number of aryl methyl sites for hydroxylation is 1. The van der Waals surface area contributed by atoms with Crippen LogP contribution in [0.5, 0.6) is 11.5 Å². The van der Waals surface area contributed by atoms with E-state index in [1.165, 1.54) is 6.33 Å². The Morgan fingerprint density at radius 2 is 1.97 bits per heavy atom. The predicted octanol–water partition coefficient (Wildman–Crippen LogP) is 2.13. The maximum Gasteiger partial charge on any atom is 0.353 e. The monoisotopic (exact) mass is 466 g/mol. The average Bonchev–Trinajstić information content (AvgIpc) is 3.54. The van der Waals surface area contributed by atoms with E-state index in [0.29, 0.717) is 25.5 Å². The van der Waals surface area contributed by atoms with Crippen LogP contribution in [0.25, 0.3) is 0 Å². The smallest absolute Gasteiger partial charge is 0.353 e. The minimum atomic E-state index is -0.396. The largest absolute Gasteiger partial charge is 0.454 e. The summed E-state index contributed by atoms with van der Waals surface area (Å²) in [6, 6.07) is 5.98. The molecule has 1 fully saturated rings. The van der Waals surface area contributed by atoms with Crippen molar-refractivity contribution in [3.05, 3.63) is 58.9 Å². The zero-order valence-electron chi connectivity index (χ0n) is 18.7. The molecule has 2 aliphatic rings. The Kier molecular flexibility index (Phi) is 6.38. The van der Waals surface area contributed by atoms with E-state index < -0.39 is 4.92 Å². The van der Waals surface area contributed by atoms with Gasteiger partial charge in [-0.15, -0.1) is 0 Å². The number of benzene rings is 1. The van der Waals surface area contributed by atoms with Crippen molar-refractivity contribution in [1.82, 2.24) is 24.4 Å². The lowest BCUT2D eigenvalue weighted by Gasteiger charge is -2.35. The van der Waals surface area contributed by atoms with Gasteiger partial charge in [0, 0.05) is 58.2 Å². The number of hydrogen-bond acceptors (Lipinski definition) is 10. The number of nitrogens with zero attached hydrogens (tertiary/aromatic N) is 7. The summed E-state index contributed by atoms with van der Waals surface area (Å²) in [6.45, 7) is 5.18. The molecule has 4 heterocycles. The van der Waals surface area contributed by atoms with Crippen LogP contribution in [0.4, 0.5) is 17.3 Å². The van der Waals surface area contributed by atoms with E-state index in [9.17, 15) is 10.1 Å². The second-order valence-corrected chi connectivity index (χ2v) is 8.18. The normalized spacial score (nSPS) is 15.5. The molecule has 2 aliphatic heterocycles. The third kappa shape index (κ3) is 4.86. The number of fused-ring (bicyclic) bond motifs is 1. The third-order valence-corrected chi connectivity index (χ3v) is 5.95. The molecule has 0 spiro atoms. The van der Waals surface area contributed by atoms with Crippen molar-refractivity contribution < 1.29 is 14.4 Å². The molecule has 1 saturated heterocycles. The summed E-state index contributed by atoms with van der Waals surface area (Å²) in [5.74, 6) is 2.16. The number of nitro groups is 1. The molecular weight excluding hydrogens is 440 g/mol. The molecule has 1 N–H and O–H groups in total. The van der Waals surface area contributed by atoms with E-state index in [4.69, 9.17) is 9.47 Å². The van der Waals surface area contributed by atoms with Crippen molar-refractivity contribution >= 4 is 17.3 Å². The number of rotatable bonds is 9. The van der Waals surface area contributed by atoms with Crippen LogP contribution in [-0.4, -0.2) is 68.9 Å². The van der Waals surface area contributed by atoms with Crippen molar-refractivity contribution in [2.45, 2.75) is 19.5 Å². The summed E-state index contributed by atoms with van der Waals surface area (Å²) in [5, 5.41) is 15.0. The first-order valence-corrected chi connectivity index (χ1v) is 11.2. The van der Waals surface area contributed by atoms with Crippen LogP contribution in [0.2, 0.25) is 0 Å². The molecule has 12 nitrogen and oxygen atoms in total. The van der Waals surface area contributed by atoms with Gasteiger partial charge in [-0.25, -0.2) is 15.0 Å². The highest BCUT2D eigenvalue weighted by Crippen LogP contribution is 2.34. The van der Waals surface area contributed by atoms with Gasteiger partial charge in [0.2, 0.25) is 18.4 Å². The summed E-state index contributed by atoms with van der Waals surface area (Å²) in [4.78, 5) is 28.2. The van der Waals surface area contributed by atoms with Gasteiger partial charge in [-0.05, 0) is 24.1 Å². The van der Waals surface area contributed by atoms with Crippen molar-refractivity contribution in [2.24, 2.45) is 0 Å². The van der Waals surface area contributed by atoms with Gasteiger partial charge in [-0.3, -0.25) is 15.0 Å². The van der Waals surface area contributed by atoms with Gasteiger partial charge >= 0.3 is 5.69 Å². The fraction of sp³-hybridized carbons (Fsp3) is 0.409. The van der Waals surface area contributed by atoms with Crippen LogP contribution in [-0.2, 0) is 13.1 Å². The minimum absolute atomic E-state index is 0.0747. The van der Waals surface area contributed by atoms with Crippen LogP contribution in [0.15, 0.2) is 43.2 Å². The van der Waals surface area contributed by atoms with Crippen molar-refractivity contribution in [1.29, 1.82) is 0 Å². The minimum Gasteiger partial charge on any atom is -0.454 e. The highest BCUT2D eigenvalue weighted by Gasteiger charge is 2.29. The maximum absolute atomic E-state index is 11.9. The second kappa shape index (κ2) is 9.91. The van der Waals surface area contributed by atoms with Gasteiger partial charge in [0.25, 0.3) is 0 Å². The lowest BCUT2D eigenvalue weighted by molar-refractivity contribution is -0.383. The fourth-order valence-corrected chi connectivity index (χ4v) is 4.20. The van der Waals surface area contributed by atoms with Crippen LogP contribution in [0, 0.1) is 10.1 Å². The molecule has 34 heavy (non-hydrogen) atoms. The highest BCUT2D eigenvalue weighted by molar-refractivity contribution is 5.70. The lowest BCUT2D eigenvalue weighted by Crippen LogP contribution is -2.46. The molecule has 0 radical (unpaired) electrons. The molecule has 1 aromatic carbocycles. The summed E-state index contributed by atoms with van der Waals surface area (Å²) in [7, 11) is 0. The Labute approximate surface area is 196 Å². The SMILES string of the molecule is O=[N+]([O-])c1c(NCCCn2ccnc2)ncnc1N1CCN(Cc2ccc3c(c2)OCO3)CC1. The number of ether oxygens (including phenoxy) is 2. The summed E-state index contributed by atoms with van der Waals surface area (Å²) in [5.41, 5.74) is 1.07. The van der Waals surface area contributed by atoms with Crippen molar-refractivity contribution in [2.75, 3.05) is 49.7 Å². The van der Waals surface area contributed by atoms with Crippen molar-refractivity contribution in [3.8, 4) is 11.5 Å². The molecule has 0 unspecified atom stereocenters. The molecule has 5 rings (SSSR count). The Morgan fingerprint density at radius 1 is 1.12 bits per heavy atom. The first-order chi connectivity index (χ1) is 16.7. The van der Waals surface area contributed by atoms with Gasteiger partial charge in [0.1, 0.15) is 6.33 Å². The number of imidazole rings is 1. The van der Waals surface area contributed by atoms with Crippen molar-refractivity contribution in [3.63, 3.8) is 0 Å². The van der Waals surface area contributed by atoms with Gasteiger partial charge in [-0.2, -0.15) is 0 Å². The van der Waals surface area contributed by atoms with E-state index in [1.54, 1.807) is 12.5 Å². The van der Waals surface area contributed by atoms with Crippen LogP contribution in [0.1, 0.15) is 12.0 Å². The molecule has 0 aliphatic carbocycles. The van der Waals surface area contributed by atoms with E-state index >= 15 is 0 Å². The summed E-state index contributed by atoms with van der Waals surface area (Å²) < 4.78 is 12.8. The fourth-order valence-electron chi connectivity index (χ4n) is 4.20. The first kappa shape index (κ1) is 21.9. The molecule has 2 aromatic heterocycles. The molecule has 0 bridgehead atoms. The Balaban J connectivity index is 1.19. The number of piperazine rings is 1. The molecule has 178 valence electrons. The summed E-state index contributed by atoms with van der Waals surface area (Å²) >= 11 is 0. The zero-order valence-corrected chi connectivity index (χ0v) is 18.7. The van der Waals surface area contributed by atoms with Crippen LogP contribution in [0.3, 0.4) is 0 Å². The number of hydrogen-bond donors (Lipinski definition) is 1. The van der Waals surface area contributed by atoms with Crippen LogP contribution < -0.4 is 19.7 Å². The van der Waals surface area contributed by atoms with Gasteiger partial charge < -0.3 is 24.3 Å². The molecule has 3 aromatic rings. The molecule has 12 heteroatoms. The number of anilines is 2. The Bertz CT molecular complexity index is 1130. The van der Waals surface area contributed by atoms with Crippen LogP contribution >= 0.6 is 0 Å². The lowest BCUT2D eigenvalue weighted by atomic mass is 10.1. The average molecular weight is 467 g/mol. The van der Waals surface area contributed by atoms with Gasteiger partial charge in [-0.1, -0.05) is 6.07 Å². The quantitative estimate of drug-likeness (QED) is 0.285. The molecular formula is C22H26N8O4. The number of nitrogens with one attached hydrogen (secondary N) is 1. The molecule has 0 saturated carbocycles. The first-order valence-electron chi connectivity index (χ1n) is 11.2. The highest BCUT2D eigenvalue weighted by atomic mass is 16.7. The molecule has 0 atom stereocenters. The van der Waals surface area contributed by atoms with E-state index in [-0.39, 0.29) is 18.3 Å². The third-order valence-electron chi connectivity index (χ3n) is 5.95. The Morgan fingerprint density at radius 3 is 2.76 bits per heavy atom. The zero-order chi connectivity index (χ0) is 23.3. The second-order valence-electron chi connectivity index (χ2n) is 8.18. The molecule has 0 amide bonds. The van der Waals surface area contributed by atoms with E-state index in [0.717, 1.165) is 49.7 Å². The van der Waals surface area contributed by atoms with E-state index in [1.807, 2.05) is 33.9 Å². The van der Waals surface area contributed by atoms with Gasteiger partial charge in [0.05, 0.1) is 11.3 Å². The predicted molar refractivity (Wildman–Crippen MR) is 124 cm³/mol. The topological polar surface area (TPSA) is 124 Å². The van der Waals surface area contributed by atoms with Gasteiger partial charge in [0.15, 0.2) is 11.5 Å². The maximum atomic E-state index is 11.9. The van der Waals surface area contributed by atoms with E-state index in [2.05, 4.69) is 25.2 Å². The Hall–Kier alpha value is -3.93. The number of aromatic nitrogens is 4. The standard InChI is InChI=1S/C22H26N8O4/c31-30(32)20-21(24-4-1-6-28-7-5-23-15-28)25-14-26-22(20)29-10-8-27(9-11-29)13-17-2-3-18-19(12-17)34-16-33-18/h2-3,5,7,12,14-15H,1,4,6,8-11,13,16H2,(H,24,25,26). The summed E-state index contributed by atoms with van der Waals surface area (Å²) in [6.07, 6.45) is 7.53.